The van der Waals surface area contributed by atoms with E-state index in [0.29, 0.717) is 5.76 Å². The van der Waals surface area contributed by atoms with Gasteiger partial charge in [0.05, 0.1) is 18.5 Å². The molecule has 0 aliphatic rings. The van der Waals surface area contributed by atoms with Gasteiger partial charge >= 0.3 is 0 Å². The van der Waals surface area contributed by atoms with Crippen LogP contribution in [-0.2, 0) is 11.3 Å². The summed E-state index contributed by atoms with van der Waals surface area (Å²) in [5.41, 5.74) is 1.78. The Labute approximate surface area is 142 Å². The molecular weight excluding hydrogens is 324 g/mol. The van der Waals surface area contributed by atoms with Gasteiger partial charge in [0.25, 0.3) is 5.91 Å². The number of nitrogens with one attached hydrogen (secondary N) is 1. The van der Waals surface area contributed by atoms with Gasteiger partial charge in [-0.15, -0.1) is 11.3 Å². The minimum atomic E-state index is -0.463. The standard InChI is InChI=1S/C17H12N4O2S/c18-9-13(8-14-2-1-7-23-14)17(22)20-10-16-21-15(11-24-16)12-3-5-19-6-4-12/h1-8,11H,10H2,(H,20,22)/b13-8+. The van der Waals surface area contributed by atoms with Crippen molar-refractivity contribution in [1.82, 2.24) is 15.3 Å². The highest BCUT2D eigenvalue weighted by Gasteiger charge is 2.11. The van der Waals surface area contributed by atoms with E-state index in [0.717, 1.165) is 16.3 Å². The third-order valence-corrected chi connectivity index (χ3v) is 3.97. The van der Waals surface area contributed by atoms with Crippen LogP contribution in [0, 0.1) is 11.3 Å². The van der Waals surface area contributed by atoms with Crippen molar-refractivity contribution in [3.8, 4) is 17.3 Å². The van der Waals surface area contributed by atoms with E-state index in [4.69, 9.17) is 9.68 Å². The molecule has 1 amide bonds. The molecule has 0 unspecified atom stereocenters. The third-order valence-electron chi connectivity index (χ3n) is 3.12. The molecule has 3 aromatic heterocycles. The molecule has 3 aromatic rings. The molecule has 0 bridgehead atoms. The third kappa shape index (κ3) is 3.74. The number of thiazole rings is 1. The lowest BCUT2D eigenvalue weighted by Crippen LogP contribution is -2.23. The highest BCUT2D eigenvalue weighted by Crippen LogP contribution is 2.21. The van der Waals surface area contributed by atoms with E-state index in [-0.39, 0.29) is 12.1 Å². The maximum Gasteiger partial charge on any atom is 0.262 e. The number of pyridine rings is 1. The Kier molecular flexibility index (Phi) is 4.79. The Balaban J connectivity index is 1.64. The molecule has 0 aromatic carbocycles. The Bertz CT molecular complexity index is 892. The summed E-state index contributed by atoms with van der Waals surface area (Å²) < 4.78 is 5.11. The van der Waals surface area contributed by atoms with Crippen molar-refractivity contribution in [3.63, 3.8) is 0 Å². The van der Waals surface area contributed by atoms with Gasteiger partial charge in [-0.05, 0) is 24.3 Å². The molecule has 24 heavy (non-hydrogen) atoms. The van der Waals surface area contributed by atoms with Crippen LogP contribution in [0.4, 0.5) is 0 Å². The van der Waals surface area contributed by atoms with Crippen molar-refractivity contribution in [1.29, 1.82) is 5.26 Å². The fourth-order valence-electron chi connectivity index (χ4n) is 1.96. The first-order chi connectivity index (χ1) is 11.8. The monoisotopic (exact) mass is 336 g/mol. The molecule has 0 spiro atoms. The lowest BCUT2D eigenvalue weighted by molar-refractivity contribution is -0.117. The maximum absolute atomic E-state index is 12.1. The molecule has 6 nitrogen and oxygen atoms in total. The van der Waals surface area contributed by atoms with E-state index in [9.17, 15) is 4.79 Å². The van der Waals surface area contributed by atoms with Gasteiger partial charge in [0.2, 0.25) is 0 Å². The highest BCUT2D eigenvalue weighted by molar-refractivity contribution is 7.09. The minimum absolute atomic E-state index is 0.0177. The molecule has 0 atom stereocenters. The molecule has 0 aliphatic carbocycles. The number of carbonyl (C=O) groups is 1. The maximum atomic E-state index is 12.1. The van der Waals surface area contributed by atoms with Crippen LogP contribution in [0.1, 0.15) is 10.8 Å². The Morgan fingerprint density at radius 1 is 1.38 bits per heavy atom. The van der Waals surface area contributed by atoms with Crippen LogP contribution in [0.25, 0.3) is 17.3 Å². The number of amides is 1. The zero-order valence-electron chi connectivity index (χ0n) is 12.5. The van der Waals surface area contributed by atoms with E-state index >= 15 is 0 Å². The number of nitriles is 1. The minimum Gasteiger partial charge on any atom is -0.465 e. The topological polar surface area (TPSA) is 91.8 Å². The quantitative estimate of drug-likeness (QED) is 0.571. The molecular formula is C17H12N4O2S. The summed E-state index contributed by atoms with van der Waals surface area (Å²) in [6.45, 7) is 0.256. The van der Waals surface area contributed by atoms with Gasteiger partial charge < -0.3 is 9.73 Å². The molecule has 0 radical (unpaired) electrons. The van der Waals surface area contributed by atoms with Crippen molar-refractivity contribution >= 4 is 23.3 Å². The summed E-state index contributed by atoms with van der Waals surface area (Å²) in [5, 5.41) is 14.5. The smallest absolute Gasteiger partial charge is 0.262 e. The fraction of sp³-hybridized carbons (Fsp3) is 0.0588. The number of rotatable bonds is 5. The van der Waals surface area contributed by atoms with Gasteiger partial charge in [-0.2, -0.15) is 5.26 Å². The summed E-state index contributed by atoms with van der Waals surface area (Å²) in [5.74, 6) is -0.00881. The van der Waals surface area contributed by atoms with Crippen molar-refractivity contribution in [2.24, 2.45) is 0 Å². The van der Waals surface area contributed by atoms with Crippen LogP contribution in [0.5, 0.6) is 0 Å². The highest BCUT2D eigenvalue weighted by atomic mass is 32.1. The molecule has 0 saturated heterocycles. The average Bonchev–Trinajstić information content (AvgIpc) is 3.30. The van der Waals surface area contributed by atoms with Crippen LogP contribution in [0.15, 0.2) is 58.3 Å². The molecule has 118 valence electrons. The van der Waals surface area contributed by atoms with E-state index in [1.54, 1.807) is 24.5 Å². The number of nitrogens with zero attached hydrogens (tertiary/aromatic N) is 3. The SMILES string of the molecule is N#C/C(=C\c1ccco1)C(=O)NCc1nc(-c2ccncc2)cs1. The number of aromatic nitrogens is 2. The lowest BCUT2D eigenvalue weighted by Gasteiger charge is -2.01. The normalized spacial score (nSPS) is 11.0. The summed E-state index contributed by atoms with van der Waals surface area (Å²) >= 11 is 1.44. The second kappa shape index (κ2) is 7.35. The van der Waals surface area contributed by atoms with Crippen LogP contribution >= 0.6 is 11.3 Å². The molecule has 0 aliphatic heterocycles. The van der Waals surface area contributed by atoms with E-state index in [1.165, 1.54) is 23.7 Å². The van der Waals surface area contributed by atoms with Crippen molar-refractivity contribution in [3.05, 3.63) is 64.6 Å². The predicted molar refractivity (Wildman–Crippen MR) is 89.5 cm³/mol. The van der Waals surface area contributed by atoms with E-state index in [2.05, 4.69) is 15.3 Å². The summed E-state index contributed by atoms with van der Waals surface area (Å²) in [4.78, 5) is 20.5. The number of carbonyl (C=O) groups excluding carboxylic acids is 1. The fourth-order valence-corrected chi connectivity index (χ4v) is 2.71. The first kappa shape index (κ1) is 15.6. The van der Waals surface area contributed by atoms with Gasteiger partial charge in [0, 0.05) is 29.4 Å². The van der Waals surface area contributed by atoms with Crippen LogP contribution < -0.4 is 5.32 Å². The first-order valence-corrected chi connectivity index (χ1v) is 7.92. The van der Waals surface area contributed by atoms with E-state index < -0.39 is 5.91 Å². The van der Waals surface area contributed by atoms with Crippen LogP contribution in [-0.4, -0.2) is 15.9 Å². The van der Waals surface area contributed by atoms with Gasteiger partial charge in [-0.1, -0.05) is 0 Å². The molecule has 0 fully saturated rings. The molecule has 0 saturated carbocycles. The van der Waals surface area contributed by atoms with Crippen LogP contribution in [0.2, 0.25) is 0 Å². The predicted octanol–water partition coefficient (Wildman–Crippen LogP) is 3.02. The first-order valence-electron chi connectivity index (χ1n) is 7.04. The average molecular weight is 336 g/mol. The summed E-state index contributed by atoms with van der Waals surface area (Å²) in [6, 6.07) is 8.98. The molecule has 7 heteroatoms. The largest absolute Gasteiger partial charge is 0.465 e. The number of hydrogen-bond acceptors (Lipinski definition) is 6. The summed E-state index contributed by atoms with van der Waals surface area (Å²) in [7, 11) is 0. The molecule has 1 N–H and O–H groups in total. The van der Waals surface area contributed by atoms with Crippen molar-refractivity contribution in [2.75, 3.05) is 0 Å². The van der Waals surface area contributed by atoms with Gasteiger partial charge in [-0.25, -0.2) is 4.98 Å². The van der Waals surface area contributed by atoms with Gasteiger partial charge in [0.1, 0.15) is 22.4 Å². The number of hydrogen-bond donors (Lipinski definition) is 1. The van der Waals surface area contributed by atoms with E-state index in [1.807, 2.05) is 23.6 Å². The molecule has 3 heterocycles. The Morgan fingerprint density at radius 2 is 2.21 bits per heavy atom. The summed E-state index contributed by atoms with van der Waals surface area (Å²) in [6.07, 6.45) is 6.29. The second-order valence-electron chi connectivity index (χ2n) is 4.73. The zero-order chi connectivity index (χ0) is 16.8. The zero-order valence-corrected chi connectivity index (χ0v) is 13.3. The van der Waals surface area contributed by atoms with Gasteiger partial charge in [0.15, 0.2) is 0 Å². The lowest BCUT2D eigenvalue weighted by atomic mass is 10.2. The van der Waals surface area contributed by atoms with Crippen LogP contribution in [0.3, 0.4) is 0 Å². The van der Waals surface area contributed by atoms with Gasteiger partial charge in [-0.3, -0.25) is 9.78 Å². The Hall–Kier alpha value is -3.24. The van der Waals surface area contributed by atoms with Crippen molar-refractivity contribution < 1.29 is 9.21 Å². The number of furan rings is 1. The molecule has 3 rings (SSSR count). The Morgan fingerprint density at radius 3 is 2.92 bits per heavy atom. The second-order valence-corrected chi connectivity index (χ2v) is 5.67. The van der Waals surface area contributed by atoms with Crippen molar-refractivity contribution in [2.45, 2.75) is 6.54 Å².